The van der Waals surface area contributed by atoms with Crippen LogP contribution in [0.2, 0.25) is 0 Å². The van der Waals surface area contributed by atoms with E-state index in [1.165, 1.54) is 13.1 Å². The van der Waals surface area contributed by atoms with Crippen LogP contribution in [0.3, 0.4) is 0 Å². The highest BCUT2D eigenvalue weighted by atomic mass is 35.5. The summed E-state index contributed by atoms with van der Waals surface area (Å²) in [6, 6.07) is -5.74. The van der Waals surface area contributed by atoms with Gasteiger partial charge in [0.15, 0.2) is 18.2 Å². The molecular weight excluding hydrogens is 596 g/mol. The maximum Gasteiger partial charge on any atom is 0.334 e. The van der Waals surface area contributed by atoms with Gasteiger partial charge in [-0.05, 0) is 33.1 Å². The lowest BCUT2D eigenvalue weighted by Crippen LogP contribution is -2.67. The van der Waals surface area contributed by atoms with Crippen LogP contribution in [0.25, 0.3) is 0 Å². The normalized spacial score (nSPS) is 36.5. The summed E-state index contributed by atoms with van der Waals surface area (Å²) >= 11 is 6.31. The van der Waals surface area contributed by atoms with Crippen molar-refractivity contribution in [2.24, 2.45) is 10.2 Å². The maximum absolute atomic E-state index is 13.8. The summed E-state index contributed by atoms with van der Waals surface area (Å²) in [6.07, 6.45) is -1.03. The van der Waals surface area contributed by atoms with Gasteiger partial charge in [-0.1, -0.05) is 0 Å². The first kappa shape index (κ1) is 32.2. The zero-order chi connectivity index (χ0) is 31.6. The Kier molecular flexibility index (Phi) is 9.65. The van der Waals surface area contributed by atoms with Crippen LogP contribution in [-0.2, 0) is 33.5 Å². The number of alkyl halides is 1. The van der Waals surface area contributed by atoms with E-state index in [4.69, 9.17) is 16.3 Å². The molecule has 4 heterocycles. The molecule has 6 N–H and O–H groups in total. The van der Waals surface area contributed by atoms with Crippen molar-refractivity contribution in [3.63, 3.8) is 0 Å². The van der Waals surface area contributed by atoms with Crippen molar-refractivity contribution in [1.29, 1.82) is 0 Å². The van der Waals surface area contributed by atoms with Crippen molar-refractivity contribution in [2.45, 2.75) is 80.4 Å². The lowest BCUT2D eigenvalue weighted by atomic mass is 10.00. The van der Waals surface area contributed by atoms with Gasteiger partial charge in [-0.25, -0.2) is 20.2 Å². The number of carbonyl (C=O) groups excluding carboxylic acids is 6. The van der Waals surface area contributed by atoms with Crippen molar-refractivity contribution in [2.75, 3.05) is 19.8 Å². The van der Waals surface area contributed by atoms with Gasteiger partial charge in [-0.15, -0.1) is 11.6 Å². The summed E-state index contributed by atoms with van der Waals surface area (Å²) in [5, 5.41) is 44.9. The van der Waals surface area contributed by atoms with E-state index in [1.54, 1.807) is 0 Å². The zero-order valence-electron chi connectivity index (χ0n) is 23.3. The van der Waals surface area contributed by atoms with Crippen LogP contribution in [0, 0.1) is 0 Å². The number of rotatable bonds is 1. The molecule has 236 valence electrons. The molecule has 0 radical (unpaired) electrons. The van der Waals surface area contributed by atoms with Gasteiger partial charge in [0, 0.05) is 12.8 Å². The molecule has 0 bridgehead atoms. The Morgan fingerprint density at radius 1 is 1.07 bits per heavy atom. The number of carbonyl (C=O) groups is 6. The quantitative estimate of drug-likeness (QED) is 0.119. The Labute approximate surface area is 250 Å². The van der Waals surface area contributed by atoms with Crippen molar-refractivity contribution in [3.05, 3.63) is 0 Å². The van der Waals surface area contributed by atoms with E-state index in [9.17, 15) is 44.1 Å². The number of halogens is 1. The monoisotopic (exact) mass is 628 g/mol. The van der Waals surface area contributed by atoms with Gasteiger partial charge in [0.05, 0.1) is 18.2 Å². The Balaban J connectivity index is 1.74. The molecule has 0 aromatic heterocycles. The average molecular weight is 629 g/mol. The molecule has 19 heteroatoms. The number of hydrazone groups is 2. The molecule has 0 aliphatic carbocycles. The highest BCUT2D eigenvalue weighted by Gasteiger charge is 2.47. The molecule has 18 nitrogen and oxygen atoms in total. The predicted octanol–water partition coefficient (Wildman–Crippen LogP) is -4.48. The fourth-order valence-corrected chi connectivity index (χ4v) is 5.15. The van der Waals surface area contributed by atoms with Gasteiger partial charge < -0.3 is 30.7 Å². The zero-order valence-corrected chi connectivity index (χ0v) is 24.0. The average Bonchev–Trinajstić information content (AvgIpc) is 2.99. The third-order valence-corrected chi connectivity index (χ3v) is 7.75. The Hall–Kier alpha value is -3.71. The summed E-state index contributed by atoms with van der Waals surface area (Å²) in [4.78, 5) is 80.0. The molecule has 0 spiro atoms. The minimum Gasteiger partial charge on any atom is -0.454 e. The number of hydrazine groups is 1. The van der Waals surface area contributed by atoms with Crippen LogP contribution in [0.5, 0.6) is 0 Å². The Morgan fingerprint density at radius 3 is 2.49 bits per heavy atom. The number of ether oxygens (including phenoxy) is 1. The fourth-order valence-electron chi connectivity index (χ4n) is 4.92. The summed E-state index contributed by atoms with van der Waals surface area (Å²) in [6.45, 7) is 0.498. The minimum atomic E-state index is -2.08. The number of nitrogens with zero attached hydrogens (tertiary/aromatic N) is 5. The molecule has 43 heavy (non-hydrogen) atoms. The third kappa shape index (κ3) is 6.47. The van der Waals surface area contributed by atoms with E-state index in [1.807, 2.05) is 0 Å². The highest BCUT2D eigenvalue weighted by Crippen LogP contribution is 2.24. The molecule has 8 atom stereocenters. The number of aliphatic hydroxyl groups is 3. The lowest BCUT2D eigenvalue weighted by molar-refractivity contribution is -0.165. The van der Waals surface area contributed by atoms with Gasteiger partial charge in [0.1, 0.15) is 30.3 Å². The molecule has 0 saturated carbocycles. The second kappa shape index (κ2) is 12.9. The number of nitrogens with one attached hydrogen (secondary N) is 3. The molecular formula is C24H33ClN8O10. The largest absolute Gasteiger partial charge is 0.454 e. The highest BCUT2D eigenvalue weighted by molar-refractivity contribution is 6.21. The molecule has 4 rings (SSSR count). The van der Waals surface area contributed by atoms with E-state index < -0.39 is 96.0 Å². The number of amides is 5. The molecule has 5 amide bonds. The van der Waals surface area contributed by atoms with E-state index in [0.717, 1.165) is 23.2 Å². The van der Waals surface area contributed by atoms with Crippen molar-refractivity contribution >= 4 is 59.5 Å². The van der Waals surface area contributed by atoms with Crippen LogP contribution < -0.4 is 16.1 Å². The summed E-state index contributed by atoms with van der Waals surface area (Å²) in [5.41, 5.74) is 0.678. The van der Waals surface area contributed by atoms with Crippen LogP contribution in [0.4, 0.5) is 0 Å². The fraction of sp³-hybridized carbons (Fsp3) is 0.667. The lowest BCUT2D eigenvalue weighted by Gasteiger charge is -2.42. The van der Waals surface area contributed by atoms with Crippen LogP contribution in [0.15, 0.2) is 10.2 Å². The molecule has 0 aromatic carbocycles. The van der Waals surface area contributed by atoms with E-state index in [-0.39, 0.29) is 19.4 Å². The van der Waals surface area contributed by atoms with Gasteiger partial charge in [-0.2, -0.15) is 10.2 Å². The smallest absolute Gasteiger partial charge is 0.334 e. The molecule has 4 aliphatic heterocycles. The van der Waals surface area contributed by atoms with E-state index in [0.29, 0.717) is 11.4 Å². The van der Waals surface area contributed by atoms with Crippen LogP contribution >= 0.6 is 11.6 Å². The van der Waals surface area contributed by atoms with Crippen molar-refractivity contribution in [3.8, 4) is 0 Å². The summed E-state index contributed by atoms with van der Waals surface area (Å²) < 4.78 is 5.03. The van der Waals surface area contributed by atoms with Crippen molar-refractivity contribution < 1.29 is 48.8 Å². The van der Waals surface area contributed by atoms with Crippen LogP contribution in [0.1, 0.15) is 33.1 Å². The summed E-state index contributed by atoms with van der Waals surface area (Å²) in [7, 11) is 0. The van der Waals surface area contributed by atoms with Gasteiger partial charge in [-0.3, -0.25) is 29.0 Å². The molecule has 0 unspecified atom stereocenters. The standard InChI is InChI=1S/C24H33ClN8O10/c1-11-21(40)32-14(6-12(25)7-27-32)22(41)31-13(4-3-5-26-31)19(38)30-24(2,10-34)23(42)43-9-16(36)33-17(20(39)29-11)18(37)15(35)8-28-33/h5,8,11-15,17-18,27,34-35,37H,3-4,6-7,9-10H2,1-2H3,(H,29,39)(H,30,38)/t11-,12-,13-,14+,15+,17-,18+,24-/m0/s1. The molecule has 0 aromatic rings. The predicted molar refractivity (Wildman–Crippen MR) is 145 cm³/mol. The number of hydrogen-bond donors (Lipinski definition) is 6. The number of fused-ring (bicyclic) bond motifs is 3. The number of cyclic esters (lactones) is 1. The number of esters is 1. The maximum atomic E-state index is 13.8. The third-order valence-electron chi connectivity index (χ3n) is 7.42. The van der Waals surface area contributed by atoms with Crippen molar-refractivity contribution in [1.82, 2.24) is 31.1 Å². The van der Waals surface area contributed by atoms with Gasteiger partial charge in [0.25, 0.3) is 17.7 Å². The number of hydrogen-bond acceptors (Lipinski definition) is 13. The Morgan fingerprint density at radius 2 is 1.79 bits per heavy atom. The molecule has 2 saturated heterocycles. The topological polar surface area (TPSA) is 243 Å². The first-order valence-corrected chi connectivity index (χ1v) is 13.9. The minimum absolute atomic E-state index is 0.0502. The molecule has 4 aliphatic rings. The first-order chi connectivity index (χ1) is 20.3. The number of aliphatic hydroxyl groups excluding tert-OH is 3. The molecule has 2 fully saturated rings. The van der Waals surface area contributed by atoms with E-state index in [2.05, 4.69) is 26.3 Å². The second-order valence-electron chi connectivity index (χ2n) is 10.7. The second-order valence-corrected chi connectivity index (χ2v) is 11.3. The summed E-state index contributed by atoms with van der Waals surface area (Å²) in [5.74, 6) is -5.88. The first-order valence-electron chi connectivity index (χ1n) is 13.5. The van der Waals surface area contributed by atoms with Gasteiger partial charge >= 0.3 is 5.97 Å². The van der Waals surface area contributed by atoms with Gasteiger partial charge in [0.2, 0.25) is 11.8 Å². The van der Waals surface area contributed by atoms with Crippen LogP contribution in [-0.4, -0.2) is 145 Å². The van der Waals surface area contributed by atoms with E-state index >= 15 is 0 Å². The Bertz CT molecular complexity index is 1230. The SMILES string of the molecule is C[C@@H]1NC(=O)[C@@H]2[C@H](O)[C@H](O)C=NN2C(=O)COC(=O)[C@](C)(CO)NC(=O)[C@@H]2CCC=NN2C(=O)[C@H]2C[C@H](Cl)CNN2C1=O.